The molecule has 4 nitrogen and oxygen atoms in total. The molecule has 0 N–H and O–H groups in total. The van der Waals surface area contributed by atoms with Crippen molar-refractivity contribution in [2.75, 3.05) is 0 Å². The maximum atomic E-state index is 11.0. The first-order valence-corrected chi connectivity index (χ1v) is 7.72. The molecule has 22 heavy (non-hydrogen) atoms. The van der Waals surface area contributed by atoms with Crippen LogP contribution in [-0.4, -0.2) is 10.5 Å². The van der Waals surface area contributed by atoms with Gasteiger partial charge < -0.3 is 4.74 Å². The average molecular weight is 366 g/mol. The number of aryl methyl sites for hydroxylation is 1. The molecule has 0 amide bonds. The lowest BCUT2D eigenvalue weighted by atomic mass is 9.99. The maximum absolute atomic E-state index is 11.0. The van der Waals surface area contributed by atoms with Crippen LogP contribution in [0.1, 0.15) is 39.2 Å². The number of benzene rings is 1. The van der Waals surface area contributed by atoms with E-state index in [1.807, 2.05) is 27.7 Å². The SMILES string of the molecule is C#CC(C)(CCC=C(C)C)Oc1cc([N+](=O)[O-])c(Br)cc1C. The fourth-order valence-electron chi connectivity index (χ4n) is 1.92. The lowest BCUT2D eigenvalue weighted by molar-refractivity contribution is -0.385. The largest absolute Gasteiger partial charge is 0.474 e. The summed E-state index contributed by atoms with van der Waals surface area (Å²) < 4.78 is 6.34. The van der Waals surface area contributed by atoms with Crippen molar-refractivity contribution in [3.63, 3.8) is 0 Å². The van der Waals surface area contributed by atoms with Crippen molar-refractivity contribution in [1.29, 1.82) is 0 Å². The third kappa shape index (κ3) is 4.88. The fourth-order valence-corrected chi connectivity index (χ4v) is 2.53. The lowest BCUT2D eigenvalue weighted by Crippen LogP contribution is -2.30. The van der Waals surface area contributed by atoms with E-state index in [0.717, 1.165) is 12.0 Å². The molecule has 1 aromatic carbocycles. The average Bonchev–Trinajstić information content (AvgIpc) is 2.41. The summed E-state index contributed by atoms with van der Waals surface area (Å²) in [7, 11) is 0. The number of nitrogens with zero attached hydrogens (tertiary/aromatic N) is 1. The Morgan fingerprint density at radius 2 is 2.18 bits per heavy atom. The number of rotatable bonds is 6. The second-order valence-corrected chi connectivity index (χ2v) is 6.48. The highest BCUT2D eigenvalue weighted by atomic mass is 79.9. The number of hydrogen-bond donors (Lipinski definition) is 0. The van der Waals surface area contributed by atoms with E-state index in [1.54, 1.807) is 6.07 Å². The maximum Gasteiger partial charge on any atom is 0.287 e. The van der Waals surface area contributed by atoms with Gasteiger partial charge in [0, 0.05) is 6.42 Å². The minimum Gasteiger partial charge on any atom is -0.474 e. The molecule has 0 radical (unpaired) electrons. The van der Waals surface area contributed by atoms with Gasteiger partial charge in [0.25, 0.3) is 5.69 Å². The number of nitro benzene ring substituents is 1. The molecule has 1 atom stereocenters. The third-order valence-corrected chi connectivity index (χ3v) is 3.89. The molecule has 0 aliphatic rings. The van der Waals surface area contributed by atoms with Crippen molar-refractivity contribution in [2.24, 2.45) is 0 Å². The molecule has 0 saturated heterocycles. The van der Waals surface area contributed by atoms with Gasteiger partial charge in [0.1, 0.15) is 5.75 Å². The summed E-state index contributed by atoms with van der Waals surface area (Å²) in [5, 5.41) is 11.0. The molecule has 1 unspecified atom stereocenters. The van der Waals surface area contributed by atoms with Crippen LogP contribution in [0.3, 0.4) is 0 Å². The van der Waals surface area contributed by atoms with Crippen LogP contribution in [0.2, 0.25) is 0 Å². The summed E-state index contributed by atoms with van der Waals surface area (Å²) in [6.07, 6.45) is 9.13. The van der Waals surface area contributed by atoms with Gasteiger partial charge in [0.2, 0.25) is 0 Å². The van der Waals surface area contributed by atoms with E-state index >= 15 is 0 Å². The molecular formula is C17H20BrNO3. The molecule has 0 aliphatic carbocycles. The number of nitro groups is 1. The molecule has 0 saturated carbocycles. The minimum atomic E-state index is -0.807. The topological polar surface area (TPSA) is 52.4 Å². The van der Waals surface area contributed by atoms with Crippen LogP contribution >= 0.6 is 15.9 Å². The summed E-state index contributed by atoms with van der Waals surface area (Å²) >= 11 is 3.19. The molecule has 0 aliphatic heterocycles. The molecule has 1 aromatic rings. The first-order valence-electron chi connectivity index (χ1n) is 6.93. The molecule has 0 aromatic heterocycles. The van der Waals surface area contributed by atoms with Crippen molar-refractivity contribution in [1.82, 2.24) is 0 Å². The van der Waals surface area contributed by atoms with Crippen LogP contribution in [0.25, 0.3) is 0 Å². The summed E-state index contributed by atoms with van der Waals surface area (Å²) in [5.74, 6) is 3.10. The van der Waals surface area contributed by atoms with Gasteiger partial charge in [-0.25, -0.2) is 0 Å². The molecule has 0 spiro atoms. The van der Waals surface area contributed by atoms with E-state index in [1.165, 1.54) is 11.6 Å². The lowest BCUT2D eigenvalue weighted by Gasteiger charge is -2.26. The second kappa shape index (κ2) is 7.46. The highest BCUT2D eigenvalue weighted by Gasteiger charge is 2.25. The number of allylic oxidation sites excluding steroid dienone is 2. The Morgan fingerprint density at radius 1 is 1.55 bits per heavy atom. The Bertz CT molecular complexity index is 642. The number of ether oxygens (including phenoxy) is 1. The van der Waals surface area contributed by atoms with Gasteiger partial charge in [0.05, 0.1) is 15.5 Å². The number of terminal acetylenes is 1. The summed E-state index contributed by atoms with van der Waals surface area (Å²) in [5.41, 5.74) is 1.17. The van der Waals surface area contributed by atoms with Crippen LogP contribution < -0.4 is 4.74 Å². The Kier molecular flexibility index (Phi) is 6.19. The molecular weight excluding hydrogens is 346 g/mol. The van der Waals surface area contributed by atoms with Crippen molar-refractivity contribution < 1.29 is 9.66 Å². The first-order chi connectivity index (χ1) is 10.2. The quantitative estimate of drug-likeness (QED) is 0.302. The van der Waals surface area contributed by atoms with Crippen LogP contribution in [0.15, 0.2) is 28.3 Å². The number of halogens is 1. The van der Waals surface area contributed by atoms with Crippen LogP contribution in [0.5, 0.6) is 5.75 Å². The molecule has 5 heteroatoms. The highest BCUT2D eigenvalue weighted by Crippen LogP contribution is 2.34. The van der Waals surface area contributed by atoms with Gasteiger partial charge in [-0.05, 0) is 61.7 Å². The van der Waals surface area contributed by atoms with Gasteiger partial charge in [-0.2, -0.15) is 0 Å². The van der Waals surface area contributed by atoms with E-state index in [-0.39, 0.29) is 5.69 Å². The van der Waals surface area contributed by atoms with Gasteiger partial charge in [-0.1, -0.05) is 17.6 Å². The Morgan fingerprint density at radius 3 is 2.68 bits per heavy atom. The Labute approximate surface area is 139 Å². The Hall–Kier alpha value is -1.80. The van der Waals surface area contributed by atoms with Crippen LogP contribution in [0, 0.1) is 29.4 Å². The zero-order valence-corrected chi connectivity index (χ0v) is 14.9. The van der Waals surface area contributed by atoms with E-state index in [4.69, 9.17) is 11.2 Å². The monoisotopic (exact) mass is 365 g/mol. The standard InChI is InChI=1S/C17H20BrNO3/c1-6-17(5,9-7-8-12(2)3)22-16-11-15(19(20)21)14(18)10-13(16)4/h1,8,10-11H,7,9H2,2-5H3. The first kappa shape index (κ1) is 18.2. The van der Waals surface area contributed by atoms with E-state index in [9.17, 15) is 10.1 Å². The van der Waals surface area contributed by atoms with E-state index in [0.29, 0.717) is 16.6 Å². The van der Waals surface area contributed by atoms with Gasteiger partial charge in [-0.15, -0.1) is 6.42 Å². The van der Waals surface area contributed by atoms with E-state index < -0.39 is 10.5 Å². The predicted octanol–water partition coefficient (Wildman–Crippen LogP) is 5.18. The van der Waals surface area contributed by atoms with Gasteiger partial charge in [-0.3, -0.25) is 10.1 Å². The Balaban J connectivity index is 3.05. The normalized spacial score (nSPS) is 12.9. The molecule has 118 valence electrons. The van der Waals surface area contributed by atoms with Crippen LogP contribution in [0.4, 0.5) is 5.69 Å². The van der Waals surface area contributed by atoms with Crippen molar-refractivity contribution >= 4 is 21.6 Å². The van der Waals surface area contributed by atoms with Gasteiger partial charge >= 0.3 is 0 Å². The summed E-state index contributed by atoms with van der Waals surface area (Å²) in [4.78, 5) is 10.6. The number of hydrogen-bond acceptors (Lipinski definition) is 3. The van der Waals surface area contributed by atoms with Crippen molar-refractivity contribution in [3.05, 3.63) is 43.9 Å². The zero-order valence-electron chi connectivity index (χ0n) is 13.3. The summed E-state index contributed by atoms with van der Waals surface area (Å²) in [6.45, 7) is 7.70. The van der Waals surface area contributed by atoms with E-state index in [2.05, 4.69) is 27.9 Å². The third-order valence-electron chi connectivity index (χ3n) is 3.26. The minimum absolute atomic E-state index is 0.0377. The second-order valence-electron chi connectivity index (χ2n) is 5.62. The predicted molar refractivity (Wildman–Crippen MR) is 92.1 cm³/mol. The smallest absolute Gasteiger partial charge is 0.287 e. The van der Waals surface area contributed by atoms with Crippen molar-refractivity contribution in [3.8, 4) is 18.1 Å². The molecule has 0 fully saturated rings. The summed E-state index contributed by atoms with van der Waals surface area (Å²) in [6, 6.07) is 3.08. The fraction of sp³-hybridized carbons (Fsp3) is 0.412. The van der Waals surface area contributed by atoms with Crippen molar-refractivity contribution in [2.45, 2.75) is 46.1 Å². The zero-order chi connectivity index (χ0) is 16.9. The molecule has 1 rings (SSSR count). The highest BCUT2D eigenvalue weighted by molar-refractivity contribution is 9.10. The molecule has 0 heterocycles. The molecule has 0 bridgehead atoms. The van der Waals surface area contributed by atoms with Crippen LogP contribution in [-0.2, 0) is 0 Å². The van der Waals surface area contributed by atoms with Gasteiger partial charge in [0.15, 0.2) is 5.60 Å².